The van der Waals surface area contributed by atoms with E-state index in [1.807, 2.05) is 85.8 Å². The molecule has 5 aromatic rings. The molecule has 5 rings (SSSR count). The minimum atomic E-state index is -0.369. The topological polar surface area (TPSA) is 83.8 Å². The molecule has 0 radical (unpaired) electrons. The summed E-state index contributed by atoms with van der Waals surface area (Å²) in [5, 5.41) is 17.0. The van der Waals surface area contributed by atoms with Crippen LogP contribution in [0.1, 0.15) is 22.8 Å². The molecule has 172 valence electrons. The van der Waals surface area contributed by atoms with Crippen molar-refractivity contribution in [1.29, 1.82) is 0 Å². The van der Waals surface area contributed by atoms with Crippen LogP contribution < -0.4 is 10.2 Å². The molecule has 2 N–H and O–H groups in total. The van der Waals surface area contributed by atoms with E-state index in [1.165, 1.54) is 6.21 Å². The van der Waals surface area contributed by atoms with Gasteiger partial charge in [0.2, 0.25) is 0 Å². The standard InChI is InChI=1S/C29H23N3O3/c1-2-35-21-14-11-20(12-15-21)27-17-24(23-9-5-6-10-26(23)31-27)29(34)32-30-18-25-22-8-4-3-7-19(22)13-16-28(25)33/h3-18,33H,2H2,1H3,(H,32,34). The van der Waals surface area contributed by atoms with Crippen LogP contribution in [0.5, 0.6) is 11.5 Å². The number of nitrogens with zero attached hydrogens (tertiary/aromatic N) is 2. The Morgan fingerprint density at radius 3 is 2.51 bits per heavy atom. The summed E-state index contributed by atoms with van der Waals surface area (Å²) in [5.74, 6) is 0.502. The van der Waals surface area contributed by atoms with Gasteiger partial charge in [-0.25, -0.2) is 10.4 Å². The Labute approximate surface area is 202 Å². The maximum Gasteiger partial charge on any atom is 0.272 e. The number of carbonyl (C=O) groups excluding carboxylic acids is 1. The van der Waals surface area contributed by atoms with Gasteiger partial charge in [-0.3, -0.25) is 4.79 Å². The maximum atomic E-state index is 13.2. The summed E-state index contributed by atoms with van der Waals surface area (Å²) in [6.07, 6.45) is 1.46. The molecule has 4 aromatic carbocycles. The van der Waals surface area contributed by atoms with Crippen molar-refractivity contribution in [1.82, 2.24) is 10.4 Å². The lowest BCUT2D eigenvalue weighted by molar-refractivity contribution is 0.0956. The highest BCUT2D eigenvalue weighted by Gasteiger charge is 2.14. The highest BCUT2D eigenvalue weighted by molar-refractivity contribution is 6.08. The Bertz CT molecular complexity index is 1560. The third kappa shape index (κ3) is 4.54. The third-order valence-electron chi connectivity index (χ3n) is 5.73. The zero-order chi connectivity index (χ0) is 24.2. The van der Waals surface area contributed by atoms with Gasteiger partial charge in [0.15, 0.2) is 0 Å². The van der Waals surface area contributed by atoms with Gasteiger partial charge in [-0.15, -0.1) is 0 Å². The number of pyridine rings is 1. The maximum absolute atomic E-state index is 13.2. The third-order valence-corrected chi connectivity index (χ3v) is 5.73. The average molecular weight is 462 g/mol. The highest BCUT2D eigenvalue weighted by Crippen LogP contribution is 2.27. The Morgan fingerprint density at radius 2 is 1.71 bits per heavy atom. The number of hydrogen-bond donors (Lipinski definition) is 2. The zero-order valence-corrected chi connectivity index (χ0v) is 19.1. The van der Waals surface area contributed by atoms with Crippen molar-refractivity contribution in [2.24, 2.45) is 5.10 Å². The van der Waals surface area contributed by atoms with Crippen molar-refractivity contribution in [2.75, 3.05) is 6.61 Å². The number of hydrazone groups is 1. The number of para-hydroxylation sites is 1. The molecule has 6 heteroatoms. The largest absolute Gasteiger partial charge is 0.507 e. The Morgan fingerprint density at radius 1 is 0.971 bits per heavy atom. The van der Waals surface area contributed by atoms with Crippen LogP contribution in [0, 0.1) is 0 Å². The predicted octanol–water partition coefficient (Wildman–Crippen LogP) is 5.92. The Kier molecular flexibility index (Phi) is 6.09. The first-order valence-electron chi connectivity index (χ1n) is 11.3. The lowest BCUT2D eigenvalue weighted by Gasteiger charge is -2.10. The molecule has 0 aliphatic carbocycles. The minimum Gasteiger partial charge on any atom is -0.507 e. The van der Waals surface area contributed by atoms with Crippen molar-refractivity contribution in [3.05, 3.63) is 102 Å². The summed E-state index contributed by atoms with van der Waals surface area (Å²) in [6, 6.07) is 28.0. The monoisotopic (exact) mass is 461 g/mol. The Balaban J connectivity index is 1.47. The van der Waals surface area contributed by atoms with Gasteiger partial charge in [-0.1, -0.05) is 48.5 Å². The van der Waals surface area contributed by atoms with E-state index in [9.17, 15) is 9.90 Å². The van der Waals surface area contributed by atoms with E-state index in [4.69, 9.17) is 9.72 Å². The summed E-state index contributed by atoms with van der Waals surface area (Å²) >= 11 is 0. The van der Waals surface area contributed by atoms with Gasteiger partial charge in [-0.2, -0.15) is 5.10 Å². The van der Waals surface area contributed by atoms with E-state index in [0.29, 0.717) is 28.9 Å². The van der Waals surface area contributed by atoms with Gasteiger partial charge < -0.3 is 9.84 Å². The average Bonchev–Trinajstić information content (AvgIpc) is 2.90. The smallest absolute Gasteiger partial charge is 0.272 e. The van der Waals surface area contributed by atoms with E-state index in [2.05, 4.69) is 10.5 Å². The van der Waals surface area contributed by atoms with Crippen molar-refractivity contribution in [3.63, 3.8) is 0 Å². The van der Waals surface area contributed by atoms with Crippen molar-refractivity contribution in [2.45, 2.75) is 6.92 Å². The summed E-state index contributed by atoms with van der Waals surface area (Å²) in [6.45, 7) is 2.53. The molecule has 1 amide bonds. The summed E-state index contributed by atoms with van der Waals surface area (Å²) in [7, 11) is 0. The number of fused-ring (bicyclic) bond motifs is 2. The molecule has 0 bridgehead atoms. The van der Waals surface area contributed by atoms with E-state index in [-0.39, 0.29) is 11.7 Å². The van der Waals surface area contributed by atoms with Gasteiger partial charge in [0, 0.05) is 16.5 Å². The number of benzene rings is 4. The molecule has 0 unspecified atom stereocenters. The van der Waals surface area contributed by atoms with E-state index in [0.717, 1.165) is 27.5 Å². The van der Waals surface area contributed by atoms with Crippen LogP contribution in [-0.2, 0) is 0 Å². The zero-order valence-electron chi connectivity index (χ0n) is 19.1. The van der Waals surface area contributed by atoms with Crippen LogP contribution in [0.15, 0.2) is 96.1 Å². The normalized spacial score (nSPS) is 11.2. The van der Waals surface area contributed by atoms with Crippen molar-refractivity contribution < 1.29 is 14.6 Å². The van der Waals surface area contributed by atoms with Crippen LogP contribution in [0.25, 0.3) is 32.9 Å². The molecular formula is C29H23N3O3. The van der Waals surface area contributed by atoms with Gasteiger partial charge in [0.1, 0.15) is 11.5 Å². The van der Waals surface area contributed by atoms with Crippen LogP contribution >= 0.6 is 0 Å². The molecule has 0 saturated heterocycles. The molecule has 6 nitrogen and oxygen atoms in total. The molecule has 0 saturated carbocycles. The first-order valence-corrected chi connectivity index (χ1v) is 11.3. The van der Waals surface area contributed by atoms with Gasteiger partial charge >= 0.3 is 0 Å². The minimum absolute atomic E-state index is 0.0915. The van der Waals surface area contributed by atoms with Gasteiger partial charge in [-0.05, 0) is 60.2 Å². The second-order valence-corrected chi connectivity index (χ2v) is 7.95. The fourth-order valence-electron chi connectivity index (χ4n) is 4.04. The first kappa shape index (κ1) is 22.1. The fourth-order valence-corrected chi connectivity index (χ4v) is 4.04. The van der Waals surface area contributed by atoms with E-state index < -0.39 is 0 Å². The SMILES string of the molecule is CCOc1ccc(-c2cc(C(=O)NN=Cc3c(O)ccc4ccccc34)c3ccccc3n2)cc1. The number of ether oxygens (including phenoxy) is 1. The highest BCUT2D eigenvalue weighted by atomic mass is 16.5. The predicted molar refractivity (Wildman–Crippen MR) is 139 cm³/mol. The Hall–Kier alpha value is -4.71. The molecule has 0 aliphatic rings. The number of aromatic hydroxyl groups is 1. The molecule has 0 atom stereocenters. The van der Waals surface area contributed by atoms with E-state index >= 15 is 0 Å². The van der Waals surface area contributed by atoms with Gasteiger partial charge in [0.25, 0.3) is 5.91 Å². The van der Waals surface area contributed by atoms with Crippen LogP contribution in [0.4, 0.5) is 0 Å². The summed E-state index contributed by atoms with van der Waals surface area (Å²) in [4.78, 5) is 17.9. The number of phenols is 1. The lowest BCUT2D eigenvalue weighted by atomic mass is 10.0. The van der Waals surface area contributed by atoms with Crippen molar-refractivity contribution >= 4 is 33.8 Å². The molecule has 1 heterocycles. The van der Waals surface area contributed by atoms with E-state index in [1.54, 1.807) is 12.1 Å². The van der Waals surface area contributed by atoms with Crippen LogP contribution in [0.3, 0.4) is 0 Å². The number of phenolic OH excluding ortho intramolecular Hbond substituents is 1. The quantitative estimate of drug-likeness (QED) is 0.243. The molecule has 0 spiro atoms. The number of aromatic nitrogens is 1. The molecule has 0 fully saturated rings. The molecule has 35 heavy (non-hydrogen) atoms. The number of amides is 1. The van der Waals surface area contributed by atoms with Crippen LogP contribution in [-0.4, -0.2) is 28.8 Å². The summed E-state index contributed by atoms with van der Waals surface area (Å²) in [5.41, 5.74) is 5.86. The lowest BCUT2D eigenvalue weighted by Crippen LogP contribution is -2.18. The van der Waals surface area contributed by atoms with Crippen molar-refractivity contribution in [3.8, 4) is 22.8 Å². The first-order chi connectivity index (χ1) is 17.1. The number of hydrogen-bond acceptors (Lipinski definition) is 5. The number of nitrogens with one attached hydrogen (secondary N) is 1. The fraction of sp³-hybridized carbons (Fsp3) is 0.0690. The van der Waals surface area contributed by atoms with Gasteiger partial charge in [0.05, 0.1) is 29.6 Å². The second-order valence-electron chi connectivity index (χ2n) is 7.95. The number of rotatable bonds is 6. The van der Waals surface area contributed by atoms with Crippen LogP contribution in [0.2, 0.25) is 0 Å². The molecule has 1 aromatic heterocycles. The second kappa shape index (κ2) is 9.65. The molecule has 0 aliphatic heterocycles. The number of carbonyl (C=O) groups is 1. The summed E-state index contributed by atoms with van der Waals surface area (Å²) < 4.78 is 5.53. The molecular weight excluding hydrogens is 438 g/mol.